The van der Waals surface area contributed by atoms with E-state index in [1.54, 1.807) is 0 Å². The highest BCUT2D eigenvalue weighted by atomic mass is 16.5. The second-order valence-electron chi connectivity index (χ2n) is 3.74. The van der Waals surface area contributed by atoms with Gasteiger partial charge >= 0.3 is 0 Å². The van der Waals surface area contributed by atoms with E-state index in [2.05, 4.69) is 24.8 Å². The Bertz CT molecular complexity index is 232. The molecule has 0 bridgehead atoms. The molecule has 2 N–H and O–H groups in total. The molecule has 3 heteroatoms. The summed E-state index contributed by atoms with van der Waals surface area (Å²) in [5, 5.41) is 0. The van der Waals surface area contributed by atoms with Crippen LogP contribution in [-0.2, 0) is 4.74 Å². The van der Waals surface area contributed by atoms with Crippen molar-refractivity contribution < 1.29 is 4.74 Å². The molecule has 15 heavy (non-hydrogen) atoms. The van der Waals surface area contributed by atoms with Gasteiger partial charge in [0, 0.05) is 12.2 Å². The number of nitrogens with zero attached hydrogens (tertiary/aromatic N) is 1. The third-order valence-corrected chi connectivity index (χ3v) is 2.69. The molecular weight excluding hydrogens is 188 g/mol. The Morgan fingerprint density at radius 1 is 1.47 bits per heavy atom. The number of hydrogen-bond donors (Lipinski definition) is 1. The Kier molecular flexibility index (Phi) is 5.43. The summed E-state index contributed by atoms with van der Waals surface area (Å²) in [5.74, 6) is 0. The fourth-order valence-electron chi connectivity index (χ4n) is 1.67. The highest BCUT2D eigenvalue weighted by molar-refractivity contribution is 5.21. The maximum Gasteiger partial charge on any atom is 0.0813 e. The molecule has 1 aliphatic carbocycles. The lowest BCUT2D eigenvalue weighted by Gasteiger charge is -2.21. The summed E-state index contributed by atoms with van der Waals surface area (Å²) in [6.45, 7) is 8.30. The predicted molar refractivity (Wildman–Crippen MR) is 63.6 cm³/mol. The SMILES string of the molecule is CCN(CC)CCOC1C=C(N)C=CC1. The molecule has 1 unspecified atom stereocenters. The molecule has 1 rings (SSSR count). The average Bonchev–Trinajstić information content (AvgIpc) is 2.25. The van der Waals surface area contributed by atoms with Crippen LogP contribution in [0.4, 0.5) is 0 Å². The van der Waals surface area contributed by atoms with E-state index in [9.17, 15) is 0 Å². The summed E-state index contributed by atoms with van der Waals surface area (Å²) >= 11 is 0. The van der Waals surface area contributed by atoms with Crippen LogP contribution in [0.2, 0.25) is 0 Å². The largest absolute Gasteiger partial charge is 0.399 e. The minimum atomic E-state index is 0.172. The quantitative estimate of drug-likeness (QED) is 0.722. The summed E-state index contributed by atoms with van der Waals surface area (Å²) in [5.41, 5.74) is 6.51. The van der Waals surface area contributed by atoms with Gasteiger partial charge < -0.3 is 15.4 Å². The van der Waals surface area contributed by atoms with Crippen LogP contribution in [0.15, 0.2) is 23.9 Å². The van der Waals surface area contributed by atoms with Crippen LogP contribution in [0, 0.1) is 0 Å². The second-order valence-corrected chi connectivity index (χ2v) is 3.74. The van der Waals surface area contributed by atoms with Gasteiger partial charge in [0.1, 0.15) is 0 Å². The van der Waals surface area contributed by atoms with Crippen molar-refractivity contribution in [2.45, 2.75) is 26.4 Å². The van der Waals surface area contributed by atoms with Crippen molar-refractivity contribution in [1.29, 1.82) is 0 Å². The van der Waals surface area contributed by atoms with Gasteiger partial charge in [-0.05, 0) is 31.7 Å². The maximum atomic E-state index is 5.74. The first-order valence-electron chi connectivity index (χ1n) is 5.74. The van der Waals surface area contributed by atoms with Gasteiger partial charge in [0.05, 0.1) is 12.7 Å². The third-order valence-electron chi connectivity index (χ3n) is 2.69. The molecule has 0 amide bonds. The van der Waals surface area contributed by atoms with E-state index >= 15 is 0 Å². The van der Waals surface area contributed by atoms with E-state index in [0.717, 1.165) is 38.4 Å². The average molecular weight is 210 g/mol. The first kappa shape index (κ1) is 12.3. The summed E-state index contributed by atoms with van der Waals surface area (Å²) in [7, 11) is 0. The molecule has 86 valence electrons. The molecule has 1 atom stereocenters. The zero-order valence-corrected chi connectivity index (χ0v) is 9.78. The van der Waals surface area contributed by atoms with Crippen molar-refractivity contribution in [2.24, 2.45) is 5.73 Å². The van der Waals surface area contributed by atoms with E-state index in [0.29, 0.717) is 0 Å². The van der Waals surface area contributed by atoms with Crippen LogP contribution in [-0.4, -0.2) is 37.2 Å². The standard InChI is InChI=1S/C12H22N2O/c1-3-14(4-2)8-9-15-12-7-5-6-11(13)10-12/h5-6,10,12H,3-4,7-9,13H2,1-2H3. The highest BCUT2D eigenvalue weighted by Crippen LogP contribution is 2.10. The van der Waals surface area contributed by atoms with Crippen molar-refractivity contribution in [3.05, 3.63) is 23.9 Å². The zero-order chi connectivity index (χ0) is 11.1. The smallest absolute Gasteiger partial charge is 0.0813 e. The molecule has 0 aromatic rings. The summed E-state index contributed by atoms with van der Waals surface area (Å²) in [6, 6.07) is 0. The van der Waals surface area contributed by atoms with Gasteiger partial charge in [0.15, 0.2) is 0 Å². The molecule has 0 fully saturated rings. The molecule has 0 heterocycles. The Balaban J connectivity index is 2.18. The van der Waals surface area contributed by atoms with Crippen molar-refractivity contribution >= 4 is 0 Å². The molecular formula is C12H22N2O. The van der Waals surface area contributed by atoms with Gasteiger partial charge in [-0.25, -0.2) is 0 Å². The van der Waals surface area contributed by atoms with E-state index in [1.165, 1.54) is 0 Å². The highest BCUT2D eigenvalue weighted by Gasteiger charge is 2.08. The van der Waals surface area contributed by atoms with Gasteiger partial charge in [-0.2, -0.15) is 0 Å². The van der Waals surface area contributed by atoms with Crippen LogP contribution in [0.25, 0.3) is 0 Å². The second kappa shape index (κ2) is 6.64. The van der Waals surface area contributed by atoms with E-state index in [4.69, 9.17) is 10.5 Å². The first-order valence-corrected chi connectivity index (χ1v) is 5.74. The molecule has 0 spiro atoms. The third kappa shape index (κ3) is 4.49. The van der Waals surface area contributed by atoms with Crippen molar-refractivity contribution in [3.8, 4) is 0 Å². The lowest BCUT2D eigenvalue weighted by molar-refractivity contribution is 0.0672. The molecule has 3 nitrogen and oxygen atoms in total. The Morgan fingerprint density at radius 2 is 2.20 bits per heavy atom. The van der Waals surface area contributed by atoms with Crippen molar-refractivity contribution in [2.75, 3.05) is 26.2 Å². The first-order chi connectivity index (χ1) is 7.26. The summed E-state index contributed by atoms with van der Waals surface area (Å²) in [4.78, 5) is 2.35. The minimum Gasteiger partial charge on any atom is -0.399 e. The summed E-state index contributed by atoms with van der Waals surface area (Å²) in [6.07, 6.45) is 7.11. The van der Waals surface area contributed by atoms with Gasteiger partial charge in [-0.3, -0.25) is 0 Å². The Hall–Kier alpha value is -0.800. The lowest BCUT2D eigenvalue weighted by atomic mass is 10.1. The topological polar surface area (TPSA) is 38.5 Å². The number of ether oxygens (including phenoxy) is 1. The molecule has 0 aromatic heterocycles. The van der Waals surface area contributed by atoms with Crippen LogP contribution in [0.1, 0.15) is 20.3 Å². The molecule has 0 saturated heterocycles. The van der Waals surface area contributed by atoms with Gasteiger partial charge in [-0.1, -0.05) is 19.9 Å². The number of allylic oxidation sites excluding steroid dienone is 1. The maximum absolute atomic E-state index is 5.74. The Morgan fingerprint density at radius 3 is 2.80 bits per heavy atom. The number of nitrogens with two attached hydrogens (primary N) is 1. The van der Waals surface area contributed by atoms with Crippen LogP contribution < -0.4 is 5.73 Å². The number of likely N-dealkylation sites (N-methyl/N-ethyl adjacent to an activating group) is 1. The van der Waals surface area contributed by atoms with Gasteiger partial charge in [0.2, 0.25) is 0 Å². The molecule has 0 saturated carbocycles. The minimum absolute atomic E-state index is 0.172. The van der Waals surface area contributed by atoms with Gasteiger partial charge in [0.25, 0.3) is 0 Å². The van der Waals surface area contributed by atoms with Crippen LogP contribution in [0.5, 0.6) is 0 Å². The predicted octanol–water partition coefficient (Wildman–Crippen LogP) is 1.52. The normalized spacial score (nSPS) is 20.7. The monoisotopic (exact) mass is 210 g/mol. The Labute approximate surface area is 92.6 Å². The zero-order valence-electron chi connectivity index (χ0n) is 9.78. The van der Waals surface area contributed by atoms with Crippen LogP contribution >= 0.6 is 0 Å². The fourth-order valence-corrected chi connectivity index (χ4v) is 1.67. The lowest BCUT2D eigenvalue weighted by Crippen LogP contribution is -2.28. The number of hydrogen-bond acceptors (Lipinski definition) is 3. The van der Waals surface area contributed by atoms with Crippen molar-refractivity contribution in [1.82, 2.24) is 4.90 Å². The van der Waals surface area contributed by atoms with E-state index in [-0.39, 0.29) is 6.10 Å². The van der Waals surface area contributed by atoms with Crippen molar-refractivity contribution in [3.63, 3.8) is 0 Å². The summed E-state index contributed by atoms with van der Waals surface area (Å²) < 4.78 is 5.74. The molecule has 0 aromatic carbocycles. The molecule has 0 radical (unpaired) electrons. The molecule has 1 aliphatic rings. The van der Waals surface area contributed by atoms with Gasteiger partial charge in [-0.15, -0.1) is 0 Å². The van der Waals surface area contributed by atoms with E-state index in [1.807, 2.05) is 12.2 Å². The number of rotatable bonds is 6. The molecule has 0 aliphatic heterocycles. The van der Waals surface area contributed by atoms with E-state index < -0.39 is 0 Å². The van der Waals surface area contributed by atoms with Crippen LogP contribution in [0.3, 0.4) is 0 Å². The fraction of sp³-hybridized carbons (Fsp3) is 0.667.